The number of carbonyl (C=O) groups is 2. The minimum absolute atomic E-state index is 0.156. The maximum absolute atomic E-state index is 12.0. The molecule has 0 bridgehead atoms. The predicted octanol–water partition coefficient (Wildman–Crippen LogP) is 1.21. The van der Waals surface area contributed by atoms with Crippen molar-refractivity contribution in [3.8, 4) is 5.69 Å². The Kier molecular flexibility index (Phi) is 4.88. The van der Waals surface area contributed by atoms with Crippen LogP contribution in [0, 0.1) is 0 Å². The molecule has 116 valence electrons. The molecular formula is C15H18N4O3. The van der Waals surface area contributed by atoms with Gasteiger partial charge in [-0.25, -0.2) is 4.68 Å². The summed E-state index contributed by atoms with van der Waals surface area (Å²) >= 11 is 0. The number of carbonyl (C=O) groups excluding carboxylic acids is 1. The van der Waals surface area contributed by atoms with E-state index in [2.05, 4.69) is 22.6 Å². The second-order valence-corrected chi connectivity index (χ2v) is 4.75. The molecule has 1 heterocycles. The Morgan fingerprint density at radius 3 is 2.41 bits per heavy atom. The van der Waals surface area contributed by atoms with Crippen molar-refractivity contribution in [3.05, 3.63) is 41.2 Å². The Hall–Kier alpha value is -2.70. The summed E-state index contributed by atoms with van der Waals surface area (Å²) in [5.41, 5.74) is 2.83. The van der Waals surface area contributed by atoms with Crippen LogP contribution in [0.5, 0.6) is 0 Å². The zero-order valence-electron chi connectivity index (χ0n) is 12.5. The third-order valence-electron chi connectivity index (χ3n) is 3.30. The molecule has 0 saturated carbocycles. The summed E-state index contributed by atoms with van der Waals surface area (Å²) in [5.74, 6) is -1.63. The van der Waals surface area contributed by atoms with Crippen molar-refractivity contribution in [1.29, 1.82) is 0 Å². The number of rotatable bonds is 6. The Labute approximate surface area is 128 Å². The van der Waals surface area contributed by atoms with Crippen molar-refractivity contribution in [3.63, 3.8) is 0 Å². The van der Waals surface area contributed by atoms with Gasteiger partial charge in [-0.15, -0.1) is 5.10 Å². The van der Waals surface area contributed by atoms with Gasteiger partial charge in [0.15, 0.2) is 5.69 Å². The highest BCUT2D eigenvalue weighted by atomic mass is 16.4. The fraction of sp³-hybridized carbons (Fsp3) is 0.333. The molecule has 0 aliphatic heterocycles. The van der Waals surface area contributed by atoms with E-state index < -0.39 is 18.4 Å². The molecule has 0 atom stereocenters. The molecule has 0 aliphatic rings. The zero-order chi connectivity index (χ0) is 16.1. The molecule has 1 amide bonds. The molecule has 1 aromatic heterocycles. The van der Waals surface area contributed by atoms with Crippen LogP contribution in [0.2, 0.25) is 0 Å². The van der Waals surface area contributed by atoms with E-state index in [9.17, 15) is 9.59 Å². The Morgan fingerprint density at radius 2 is 1.86 bits per heavy atom. The van der Waals surface area contributed by atoms with Crippen LogP contribution >= 0.6 is 0 Å². The minimum Gasteiger partial charge on any atom is -0.480 e. The Bertz CT molecular complexity index is 677. The molecule has 0 saturated heterocycles. The van der Waals surface area contributed by atoms with E-state index in [-0.39, 0.29) is 5.69 Å². The quantitative estimate of drug-likeness (QED) is 0.836. The molecule has 0 fully saturated rings. The van der Waals surface area contributed by atoms with Gasteiger partial charge in [0, 0.05) is 0 Å². The van der Waals surface area contributed by atoms with E-state index in [1.165, 1.54) is 5.56 Å². The standard InChI is InChI=1S/C15H18N4O3/c1-3-10-5-7-11(8-6-10)19-12(4-2)14(17-18-19)15(22)16-9-13(20)21/h5-8H,3-4,9H2,1-2H3,(H,16,22)(H,20,21). The number of amides is 1. The zero-order valence-corrected chi connectivity index (χ0v) is 12.5. The van der Waals surface area contributed by atoms with Crippen molar-refractivity contribution < 1.29 is 14.7 Å². The molecule has 0 aliphatic carbocycles. The van der Waals surface area contributed by atoms with Gasteiger partial charge >= 0.3 is 5.97 Å². The molecule has 0 unspecified atom stereocenters. The number of aliphatic carboxylic acids is 1. The summed E-state index contributed by atoms with van der Waals surface area (Å²) < 4.78 is 1.61. The molecular weight excluding hydrogens is 284 g/mol. The largest absolute Gasteiger partial charge is 0.480 e. The Morgan fingerprint density at radius 1 is 1.18 bits per heavy atom. The van der Waals surface area contributed by atoms with E-state index in [4.69, 9.17) is 5.11 Å². The van der Waals surface area contributed by atoms with Gasteiger partial charge in [-0.3, -0.25) is 9.59 Å². The summed E-state index contributed by atoms with van der Waals surface area (Å²) in [6.45, 7) is 3.52. The monoisotopic (exact) mass is 302 g/mol. The third-order valence-corrected chi connectivity index (χ3v) is 3.30. The van der Waals surface area contributed by atoms with E-state index in [0.29, 0.717) is 12.1 Å². The molecule has 22 heavy (non-hydrogen) atoms. The number of hydrogen-bond acceptors (Lipinski definition) is 4. The number of hydrogen-bond donors (Lipinski definition) is 2. The topological polar surface area (TPSA) is 97.1 Å². The molecule has 2 N–H and O–H groups in total. The summed E-state index contributed by atoms with van der Waals surface area (Å²) in [7, 11) is 0. The molecule has 0 radical (unpaired) electrons. The number of carboxylic acids is 1. The molecule has 1 aromatic carbocycles. The van der Waals surface area contributed by atoms with E-state index >= 15 is 0 Å². The number of aromatic nitrogens is 3. The van der Waals surface area contributed by atoms with Crippen LogP contribution in [0.1, 0.15) is 35.6 Å². The molecule has 7 heteroatoms. The van der Waals surface area contributed by atoms with Crippen LogP contribution < -0.4 is 5.32 Å². The molecule has 2 aromatic rings. The summed E-state index contributed by atoms with van der Waals surface area (Å²) in [6, 6.07) is 7.85. The highest BCUT2D eigenvalue weighted by Gasteiger charge is 2.19. The van der Waals surface area contributed by atoms with Gasteiger partial charge in [-0.1, -0.05) is 31.2 Å². The first-order valence-electron chi connectivity index (χ1n) is 7.10. The van der Waals surface area contributed by atoms with Gasteiger partial charge in [0.25, 0.3) is 5.91 Å². The average Bonchev–Trinajstić information content (AvgIpc) is 2.96. The predicted molar refractivity (Wildman–Crippen MR) is 80.1 cm³/mol. The molecule has 2 rings (SSSR count). The van der Waals surface area contributed by atoms with Gasteiger partial charge in [-0.05, 0) is 30.5 Å². The second-order valence-electron chi connectivity index (χ2n) is 4.75. The third kappa shape index (κ3) is 3.30. The van der Waals surface area contributed by atoms with Crippen molar-refractivity contribution in [2.24, 2.45) is 0 Å². The summed E-state index contributed by atoms with van der Waals surface area (Å²) in [5, 5.41) is 18.8. The van der Waals surface area contributed by atoms with Crippen molar-refractivity contribution in [2.45, 2.75) is 26.7 Å². The molecule has 7 nitrogen and oxygen atoms in total. The highest BCUT2D eigenvalue weighted by Crippen LogP contribution is 2.15. The first-order chi connectivity index (χ1) is 10.6. The second kappa shape index (κ2) is 6.84. The maximum Gasteiger partial charge on any atom is 0.322 e. The van der Waals surface area contributed by atoms with E-state index in [1.807, 2.05) is 31.2 Å². The smallest absolute Gasteiger partial charge is 0.322 e. The van der Waals surface area contributed by atoms with Crippen LogP contribution in [0.3, 0.4) is 0 Å². The number of benzene rings is 1. The first kappa shape index (κ1) is 15.7. The van der Waals surface area contributed by atoms with Crippen molar-refractivity contribution >= 4 is 11.9 Å². The van der Waals surface area contributed by atoms with Crippen LogP contribution in [-0.2, 0) is 17.6 Å². The van der Waals surface area contributed by atoms with Crippen molar-refractivity contribution in [2.75, 3.05) is 6.54 Å². The fourth-order valence-corrected chi connectivity index (χ4v) is 2.12. The first-order valence-corrected chi connectivity index (χ1v) is 7.10. The lowest BCUT2D eigenvalue weighted by Gasteiger charge is -2.07. The number of carboxylic acid groups (broad SMARTS) is 1. The maximum atomic E-state index is 12.0. The van der Waals surface area contributed by atoms with Crippen LogP contribution in [0.15, 0.2) is 24.3 Å². The minimum atomic E-state index is -1.10. The lowest BCUT2D eigenvalue weighted by atomic mass is 10.1. The van der Waals surface area contributed by atoms with Crippen LogP contribution in [0.4, 0.5) is 0 Å². The van der Waals surface area contributed by atoms with Gasteiger partial charge in [0.1, 0.15) is 6.54 Å². The summed E-state index contributed by atoms with van der Waals surface area (Å²) in [4.78, 5) is 22.5. The Balaban J connectivity index is 2.30. The number of nitrogens with one attached hydrogen (secondary N) is 1. The van der Waals surface area contributed by atoms with Gasteiger partial charge in [-0.2, -0.15) is 0 Å². The number of aryl methyl sites for hydroxylation is 1. The highest BCUT2D eigenvalue weighted by molar-refractivity contribution is 5.95. The lowest BCUT2D eigenvalue weighted by Crippen LogP contribution is -2.30. The fourth-order valence-electron chi connectivity index (χ4n) is 2.12. The average molecular weight is 302 g/mol. The van der Waals surface area contributed by atoms with E-state index in [1.54, 1.807) is 4.68 Å². The summed E-state index contributed by atoms with van der Waals surface area (Å²) in [6.07, 6.45) is 1.50. The van der Waals surface area contributed by atoms with Gasteiger partial charge < -0.3 is 10.4 Å². The van der Waals surface area contributed by atoms with E-state index in [0.717, 1.165) is 12.1 Å². The SMILES string of the molecule is CCc1ccc(-n2nnc(C(=O)NCC(=O)O)c2CC)cc1. The molecule has 0 spiro atoms. The van der Waals surface area contributed by atoms with Crippen molar-refractivity contribution in [1.82, 2.24) is 20.3 Å². The van der Waals surface area contributed by atoms with Crippen LogP contribution in [-0.4, -0.2) is 38.5 Å². The van der Waals surface area contributed by atoms with Gasteiger partial charge in [0.05, 0.1) is 11.4 Å². The van der Waals surface area contributed by atoms with Crippen LogP contribution in [0.25, 0.3) is 5.69 Å². The number of nitrogens with zero attached hydrogens (tertiary/aromatic N) is 3. The normalized spacial score (nSPS) is 10.5. The van der Waals surface area contributed by atoms with Gasteiger partial charge in [0.2, 0.25) is 0 Å². The lowest BCUT2D eigenvalue weighted by molar-refractivity contribution is -0.135.